The lowest BCUT2D eigenvalue weighted by atomic mass is 10.2. The van der Waals surface area contributed by atoms with Crippen LogP contribution >= 0.6 is 31.9 Å². The Kier molecular flexibility index (Phi) is 4.66. The smallest absolute Gasteiger partial charge is 0.270 e. The number of rotatable bonds is 3. The van der Waals surface area contributed by atoms with E-state index in [0.717, 1.165) is 8.95 Å². The number of amides is 1. The molecule has 19 heavy (non-hydrogen) atoms. The minimum Gasteiger partial charge on any atom is -0.347 e. The number of aromatic nitrogens is 1. The van der Waals surface area contributed by atoms with Crippen molar-refractivity contribution in [2.75, 3.05) is 0 Å². The van der Waals surface area contributed by atoms with E-state index < -0.39 is 0 Å². The van der Waals surface area contributed by atoms with Crippen LogP contribution in [0.15, 0.2) is 45.5 Å². The number of carbonyl (C=O) groups excluding carboxylic acids is 1. The summed E-state index contributed by atoms with van der Waals surface area (Å²) in [4.78, 5) is 15.8. The molecule has 2 rings (SSSR count). The van der Waals surface area contributed by atoms with Crippen molar-refractivity contribution < 1.29 is 9.18 Å². The Bertz CT molecular complexity index is 602. The van der Waals surface area contributed by atoms with Gasteiger partial charge in [-0.05, 0) is 51.8 Å². The summed E-state index contributed by atoms with van der Waals surface area (Å²) in [6, 6.07) is 7.68. The summed E-state index contributed by atoms with van der Waals surface area (Å²) in [5.74, 6) is -0.641. The summed E-state index contributed by atoms with van der Waals surface area (Å²) >= 11 is 6.55. The monoisotopic (exact) mass is 386 g/mol. The number of benzene rings is 1. The molecule has 0 radical (unpaired) electrons. The normalized spacial score (nSPS) is 10.3. The van der Waals surface area contributed by atoms with E-state index in [1.807, 2.05) is 0 Å². The molecule has 1 aromatic heterocycles. The zero-order chi connectivity index (χ0) is 13.8. The Morgan fingerprint density at radius 3 is 2.74 bits per heavy atom. The first-order valence-electron chi connectivity index (χ1n) is 5.40. The van der Waals surface area contributed by atoms with Gasteiger partial charge in [0.2, 0.25) is 0 Å². The van der Waals surface area contributed by atoms with Crippen molar-refractivity contribution >= 4 is 37.8 Å². The summed E-state index contributed by atoms with van der Waals surface area (Å²) in [6.45, 7) is 0.231. The predicted molar refractivity (Wildman–Crippen MR) is 77.2 cm³/mol. The van der Waals surface area contributed by atoms with Gasteiger partial charge in [0, 0.05) is 21.7 Å². The highest BCUT2D eigenvalue weighted by molar-refractivity contribution is 9.10. The van der Waals surface area contributed by atoms with E-state index in [9.17, 15) is 9.18 Å². The van der Waals surface area contributed by atoms with E-state index in [2.05, 4.69) is 42.2 Å². The molecule has 0 spiro atoms. The second kappa shape index (κ2) is 6.25. The van der Waals surface area contributed by atoms with Gasteiger partial charge in [0.25, 0.3) is 5.91 Å². The Labute approximate surface area is 126 Å². The fraction of sp³-hybridized carbons (Fsp3) is 0.0769. The highest BCUT2D eigenvalue weighted by Gasteiger charge is 2.08. The molecule has 1 N–H and O–H groups in total. The molecule has 0 aliphatic heterocycles. The predicted octanol–water partition coefficient (Wildman–Crippen LogP) is 3.68. The fourth-order valence-electron chi connectivity index (χ4n) is 1.45. The molecule has 0 saturated heterocycles. The lowest BCUT2D eigenvalue weighted by molar-refractivity contribution is 0.0946. The number of pyridine rings is 1. The Morgan fingerprint density at radius 1 is 1.26 bits per heavy atom. The van der Waals surface area contributed by atoms with Crippen molar-refractivity contribution in [3.05, 3.63) is 62.5 Å². The number of nitrogens with one attached hydrogen (secondary N) is 1. The number of halogens is 3. The van der Waals surface area contributed by atoms with Gasteiger partial charge >= 0.3 is 0 Å². The summed E-state index contributed by atoms with van der Waals surface area (Å²) in [5.41, 5.74) is 0.987. The highest BCUT2D eigenvalue weighted by Crippen LogP contribution is 2.17. The fourth-order valence-corrected chi connectivity index (χ4v) is 2.08. The second-order valence-electron chi connectivity index (χ2n) is 3.78. The van der Waals surface area contributed by atoms with Crippen molar-refractivity contribution in [3.8, 4) is 0 Å². The van der Waals surface area contributed by atoms with Crippen LogP contribution in [0.5, 0.6) is 0 Å². The molecule has 0 unspecified atom stereocenters. The van der Waals surface area contributed by atoms with Crippen LogP contribution in [0.4, 0.5) is 4.39 Å². The van der Waals surface area contributed by atoms with Gasteiger partial charge < -0.3 is 5.32 Å². The minimum atomic E-state index is -0.339. The third-order valence-corrected chi connectivity index (χ3v) is 3.65. The number of hydrogen-bond acceptors (Lipinski definition) is 2. The third-order valence-electron chi connectivity index (χ3n) is 2.41. The van der Waals surface area contributed by atoms with Crippen LogP contribution in [0.25, 0.3) is 0 Å². The molecule has 0 bridgehead atoms. The molecule has 0 saturated carbocycles. The van der Waals surface area contributed by atoms with Crippen molar-refractivity contribution in [2.45, 2.75) is 6.54 Å². The molecule has 1 aromatic carbocycles. The lowest BCUT2D eigenvalue weighted by Crippen LogP contribution is -2.23. The first kappa shape index (κ1) is 14.1. The zero-order valence-corrected chi connectivity index (χ0v) is 12.8. The minimum absolute atomic E-state index is 0.231. The quantitative estimate of drug-likeness (QED) is 0.872. The average Bonchev–Trinajstić information content (AvgIpc) is 2.40. The van der Waals surface area contributed by atoms with Crippen LogP contribution in [0.1, 0.15) is 16.1 Å². The topological polar surface area (TPSA) is 42.0 Å². The number of carbonyl (C=O) groups is 1. The third kappa shape index (κ3) is 3.84. The maximum absolute atomic E-state index is 13.1. The number of nitrogens with zero attached hydrogens (tertiary/aromatic N) is 1. The Morgan fingerprint density at radius 2 is 2.05 bits per heavy atom. The highest BCUT2D eigenvalue weighted by atomic mass is 79.9. The van der Waals surface area contributed by atoms with Gasteiger partial charge in [0.15, 0.2) is 0 Å². The van der Waals surface area contributed by atoms with Crippen LogP contribution in [-0.2, 0) is 6.54 Å². The van der Waals surface area contributed by atoms with Gasteiger partial charge in [0.05, 0.1) is 0 Å². The summed E-state index contributed by atoms with van der Waals surface area (Å²) in [6.07, 6.45) is 1.55. The van der Waals surface area contributed by atoms with Gasteiger partial charge in [-0.3, -0.25) is 4.79 Å². The van der Waals surface area contributed by atoms with Crippen LogP contribution in [0.2, 0.25) is 0 Å². The van der Waals surface area contributed by atoms with E-state index in [1.165, 1.54) is 12.1 Å². The summed E-state index contributed by atoms with van der Waals surface area (Å²) in [7, 11) is 0. The average molecular weight is 388 g/mol. The van der Waals surface area contributed by atoms with Crippen molar-refractivity contribution in [1.82, 2.24) is 10.3 Å². The van der Waals surface area contributed by atoms with Gasteiger partial charge in [-0.2, -0.15) is 0 Å². The molecule has 1 amide bonds. The van der Waals surface area contributed by atoms with Gasteiger partial charge in [-0.25, -0.2) is 9.37 Å². The van der Waals surface area contributed by atoms with Crippen LogP contribution < -0.4 is 5.32 Å². The number of hydrogen-bond donors (Lipinski definition) is 1. The van der Waals surface area contributed by atoms with Crippen molar-refractivity contribution in [3.63, 3.8) is 0 Å². The van der Waals surface area contributed by atoms with E-state index in [0.29, 0.717) is 11.3 Å². The largest absolute Gasteiger partial charge is 0.347 e. The van der Waals surface area contributed by atoms with E-state index in [-0.39, 0.29) is 18.3 Å². The van der Waals surface area contributed by atoms with Gasteiger partial charge in [0.1, 0.15) is 11.5 Å². The van der Waals surface area contributed by atoms with E-state index >= 15 is 0 Å². The standard InChI is InChI=1S/C13H9Br2FN2O/c14-9-1-4-12(17-7-9)13(19)18-6-8-5-10(16)2-3-11(8)15/h1-5,7H,6H2,(H,18,19). The Hall–Kier alpha value is -1.27. The SMILES string of the molecule is O=C(NCc1cc(F)ccc1Br)c1ccc(Br)cn1. The molecule has 1 heterocycles. The molecular formula is C13H9Br2FN2O. The van der Waals surface area contributed by atoms with Gasteiger partial charge in [-0.15, -0.1) is 0 Å². The summed E-state index contributed by atoms with van der Waals surface area (Å²) < 4.78 is 14.6. The zero-order valence-electron chi connectivity index (χ0n) is 9.66. The first-order chi connectivity index (χ1) is 9.06. The van der Waals surface area contributed by atoms with Crippen LogP contribution in [0, 0.1) is 5.82 Å². The molecular weight excluding hydrogens is 379 g/mol. The summed E-state index contributed by atoms with van der Waals surface area (Å²) in [5, 5.41) is 2.69. The van der Waals surface area contributed by atoms with E-state index in [4.69, 9.17) is 0 Å². The maximum Gasteiger partial charge on any atom is 0.270 e. The van der Waals surface area contributed by atoms with Crippen molar-refractivity contribution in [2.24, 2.45) is 0 Å². The molecule has 0 fully saturated rings. The Balaban J connectivity index is 2.04. The second-order valence-corrected chi connectivity index (χ2v) is 5.55. The molecule has 2 aromatic rings. The molecule has 0 atom stereocenters. The first-order valence-corrected chi connectivity index (χ1v) is 6.98. The molecule has 0 aliphatic carbocycles. The maximum atomic E-state index is 13.1. The molecule has 3 nitrogen and oxygen atoms in total. The van der Waals surface area contributed by atoms with Crippen molar-refractivity contribution in [1.29, 1.82) is 0 Å². The van der Waals surface area contributed by atoms with Gasteiger partial charge in [-0.1, -0.05) is 15.9 Å². The van der Waals surface area contributed by atoms with Crippen LogP contribution in [0.3, 0.4) is 0 Å². The molecule has 98 valence electrons. The lowest BCUT2D eigenvalue weighted by Gasteiger charge is -2.07. The molecule has 6 heteroatoms. The van der Waals surface area contributed by atoms with Crippen LogP contribution in [-0.4, -0.2) is 10.9 Å². The molecule has 0 aliphatic rings. The van der Waals surface area contributed by atoms with E-state index in [1.54, 1.807) is 24.4 Å².